The third kappa shape index (κ3) is 16.9. The minimum Gasteiger partial charge on any atom is -0.462 e. The molecule has 13 unspecified atom stereocenters. The molecule has 1 amide bonds. The molecule has 4 rings (SSSR count). The maximum atomic E-state index is 13.7. The van der Waals surface area contributed by atoms with Gasteiger partial charge in [-0.25, -0.2) is 19.7 Å². The molecule has 21 nitrogen and oxygen atoms in total. The van der Waals surface area contributed by atoms with E-state index in [-0.39, 0.29) is 60.8 Å². The van der Waals surface area contributed by atoms with Crippen molar-refractivity contribution in [3.05, 3.63) is 60.9 Å². The number of ether oxygens (including phenoxy) is 7. The molecule has 0 radical (unpaired) electrons. The van der Waals surface area contributed by atoms with Gasteiger partial charge in [-0.2, -0.15) is 0 Å². The van der Waals surface area contributed by atoms with Crippen LogP contribution in [0.1, 0.15) is 97.8 Å². The summed E-state index contributed by atoms with van der Waals surface area (Å²) < 4.78 is 57.9. The van der Waals surface area contributed by atoms with Crippen molar-refractivity contribution < 1.29 is 80.6 Å². The molecule has 0 spiro atoms. The minimum absolute atomic E-state index is 0.0313. The topological polar surface area (TPSA) is 272 Å². The van der Waals surface area contributed by atoms with Gasteiger partial charge in [0.05, 0.1) is 37.3 Å². The standard InChI is InChI=1S/C51H72N4O17/c1-29(18-19-41(72-51(62)44(24-56)65-10)33(5)47(70-34(6)58)30(2)20-21-55(7)28-57)42(64-9)23-43-32(4)40(63-8)16-13-17-45-52-37(26-67-45)49-54-38(27-69-49)50-53-36(25-68-50)48(66-11)31(3)39(60)15-12-14-35(59)22-46(61)71-43/h12-13,15,17,20-21,25-33,35,40-44,47-48,56,59H,14,16,18-19,22-24H2,1-11H3/b15-12+,17-13+,21-20+. The maximum Gasteiger partial charge on any atom is 0.337 e. The van der Waals surface area contributed by atoms with Crippen LogP contribution in [0.25, 0.3) is 29.2 Å². The highest BCUT2D eigenvalue weighted by molar-refractivity contribution is 5.92. The summed E-state index contributed by atoms with van der Waals surface area (Å²) in [4.78, 5) is 78.8. The maximum absolute atomic E-state index is 13.7. The van der Waals surface area contributed by atoms with Crippen molar-refractivity contribution in [2.45, 2.75) is 129 Å². The molecule has 0 aliphatic carbocycles. The number of ketones is 1. The van der Waals surface area contributed by atoms with Gasteiger partial charge >= 0.3 is 17.9 Å². The van der Waals surface area contributed by atoms with E-state index in [9.17, 15) is 34.2 Å². The largest absolute Gasteiger partial charge is 0.462 e. The van der Waals surface area contributed by atoms with Gasteiger partial charge in [0.2, 0.25) is 24.1 Å². The Labute approximate surface area is 420 Å². The molecule has 21 heteroatoms. The molecule has 0 saturated heterocycles. The molecule has 0 aromatic carbocycles. The third-order valence-corrected chi connectivity index (χ3v) is 12.9. The average molecular weight is 1010 g/mol. The second-order valence-corrected chi connectivity index (χ2v) is 18.2. The van der Waals surface area contributed by atoms with Gasteiger partial charge in [0.1, 0.15) is 48.9 Å². The van der Waals surface area contributed by atoms with Crippen molar-refractivity contribution in [1.29, 1.82) is 0 Å². The number of esters is 3. The number of amides is 1. The van der Waals surface area contributed by atoms with Gasteiger partial charge in [-0.05, 0) is 43.8 Å². The zero-order chi connectivity index (χ0) is 53.1. The molecule has 398 valence electrons. The molecular formula is C51H72N4O17. The summed E-state index contributed by atoms with van der Waals surface area (Å²) in [5.74, 6) is -4.29. The van der Waals surface area contributed by atoms with Crippen LogP contribution in [0, 0.1) is 29.6 Å². The van der Waals surface area contributed by atoms with Crippen LogP contribution in [-0.4, -0.2) is 145 Å². The zero-order valence-electron chi connectivity index (χ0n) is 43.0. The van der Waals surface area contributed by atoms with Crippen LogP contribution < -0.4 is 0 Å². The van der Waals surface area contributed by atoms with Crippen molar-refractivity contribution in [1.82, 2.24) is 19.9 Å². The molecule has 2 N–H and O–H groups in total. The predicted octanol–water partition coefficient (Wildman–Crippen LogP) is 6.10. The lowest BCUT2D eigenvalue weighted by Gasteiger charge is -2.35. The summed E-state index contributed by atoms with van der Waals surface area (Å²) in [5, 5.41) is 20.9. The average Bonchev–Trinajstić information content (AvgIpc) is 4.16. The number of rotatable bonds is 20. The van der Waals surface area contributed by atoms with Gasteiger partial charge in [0, 0.05) is 72.8 Å². The number of carbonyl (C=O) groups excluding carboxylic acids is 5. The molecule has 4 heterocycles. The van der Waals surface area contributed by atoms with Crippen molar-refractivity contribution in [3.63, 3.8) is 0 Å². The first-order valence-electron chi connectivity index (χ1n) is 23.9. The number of allylic oxidation sites excluding steroid dienone is 1. The molecule has 3 aromatic rings. The SMILES string of the molecule is COC(CO)C(=O)OC(CCC(C)C(CC1OC(=O)CC(O)C/C=C/C(=O)C(C)C(OC)c2coc(n2)-c2coc(n2)-c2coc(n2)/C=C/CC(OC)C1C)OC)C(C)C(OC(C)=O)C(C)/C=C/N(C)C=O. The molecule has 13 atom stereocenters. The second-order valence-electron chi connectivity index (χ2n) is 18.2. The molecule has 0 fully saturated rings. The van der Waals surface area contributed by atoms with E-state index in [2.05, 4.69) is 15.0 Å². The lowest BCUT2D eigenvalue weighted by Crippen LogP contribution is -2.42. The van der Waals surface area contributed by atoms with Crippen molar-refractivity contribution in [2.24, 2.45) is 29.6 Å². The first kappa shape index (κ1) is 58.7. The van der Waals surface area contributed by atoms with Gasteiger partial charge in [-0.1, -0.05) is 52.8 Å². The van der Waals surface area contributed by atoms with Crippen molar-refractivity contribution in [3.8, 4) is 23.2 Å². The quantitative estimate of drug-likeness (QED) is 0.0735. The zero-order valence-corrected chi connectivity index (χ0v) is 43.0. The number of fused-ring (bicyclic) bond motifs is 8. The molecule has 0 saturated carbocycles. The highest BCUT2D eigenvalue weighted by Crippen LogP contribution is 2.33. The molecule has 6 bridgehead atoms. The molecule has 1 aliphatic heterocycles. The minimum atomic E-state index is -1.26. The van der Waals surface area contributed by atoms with Gasteiger partial charge < -0.3 is 61.5 Å². The second kappa shape index (κ2) is 29.0. The number of aromatic nitrogens is 3. The van der Waals surface area contributed by atoms with Crippen molar-refractivity contribution >= 4 is 36.2 Å². The van der Waals surface area contributed by atoms with Crippen LogP contribution in [0.2, 0.25) is 0 Å². The number of oxazole rings is 3. The van der Waals surface area contributed by atoms with Crippen LogP contribution in [0.4, 0.5) is 0 Å². The Kier molecular flexibility index (Phi) is 23.7. The van der Waals surface area contributed by atoms with Crippen LogP contribution >= 0.6 is 0 Å². The number of nitrogens with zero attached hydrogens (tertiary/aromatic N) is 4. The van der Waals surface area contributed by atoms with Crippen LogP contribution in [-0.2, 0) is 57.1 Å². The van der Waals surface area contributed by atoms with E-state index in [1.165, 1.54) is 64.1 Å². The summed E-state index contributed by atoms with van der Waals surface area (Å²) in [6.07, 6.45) is 8.27. The van der Waals surface area contributed by atoms with E-state index in [0.29, 0.717) is 30.6 Å². The van der Waals surface area contributed by atoms with E-state index in [1.807, 2.05) is 26.8 Å². The number of cyclic esters (lactones) is 1. The summed E-state index contributed by atoms with van der Waals surface area (Å²) in [6.45, 7) is 9.74. The number of hydrogen-bond acceptors (Lipinski definition) is 20. The Morgan fingerprint density at radius 2 is 1.56 bits per heavy atom. The summed E-state index contributed by atoms with van der Waals surface area (Å²) in [5.41, 5.74) is 0.936. The fourth-order valence-corrected chi connectivity index (χ4v) is 8.46. The Morgan fingerprint density at radius 1 is 0.875 bits per heavy atom. The fourth-order valence-electron chi connectivity index (χ4n) is 8.46. The van der Waals surface area contributed by atoms with Crippen LogP contribution in [0.3, 0.4) is 0 Å². The molecule has 72 heavy (non-hydrogen) atoms. The Balaban J connectivity index is 1.62. The molecular weight excluding hydrogens is 941 g/mol. The summed E-state index contributed by atoms with van der Waals surface area (Å²) in [6, 6.07) is 0. The summed E-state index contributed by atoms with van der Waals surface area (Å²) >= 11 is 0. The van der Waals surface area contributed by atoms with Crippen LogP contribution in [0.15, 0.2) is 62.5 Å². The van der Waals surface area contributed by atoms with Gasteiger partial charge in [-0.15, -0.1) is 0 Å². The van der Waals surface area contributed by atoms with E-state index in [1.54, 1.807) is 46.4 Å². The van der Waals surface area contributed by atoms with Crippen LogP contribution in [0.5, 0.6) is 0 Å². The fraction of sp³-hybridized carbons (Fsp3) is 0.608. The number of hydrogen-bond donors (Lipinski definition) is 2. The van der Waals surface area contributed by atoms with E-state index >= 15 is 0 Å². The number of carbonyl (C=O) groups is 5. The first-order valence-corrected chi connectivity index (χ1v) is 23.9. The Morgan fingerprint density at radius 3 is 2.21 bits per heavy atom. The Bertz CT molecular complexity index is 2260. The number of methoxy groups -OCH3 is 4. The normalized spacial score (nSPS) is 24.3. The van der Waals surface area contributed by atoms with Gasteiger partial charge in [0.15, 0.2) is 23.3 Å². The van der Waals surface area contributed by atoms with E-state index in [0.717, 1.165) is 0 Å². The lowest BCUT2D eigenvalue weighted by molar-refractivity contribution is -0.172. The lowest BCUT2D eigenvalue weighted by atomic mass is 9.83. The smallest absolute Gasteiger partial charge is 0.337 e. The third-order valence-electron chi connectivity index (χ3n) is 12.9. The van der Waals surface area contributed by atoms with Crippen molar-refractivity contribution in [2.75, 3.05) is 42.1 Å². The van der Waals surface area contributed by atoms with Gasteiger partial charge in [-0.3, -0.25) is 19.2 Å². The predicted molar refractivity (Wildman–Crippen MR) is 258 cm³/mol. The monoisotopic (exact) mass is 1010 g/mol. The molecule has 1 aliphatic rings. The van der Waals surface area contributed by atoms with Gasteiger partial charge in [0.25, 0.3) is 0 Å². The first-order chi connectivity index (χ1) is 34.4. The molecule has 3 aromatic heterocycles. The Hall–Kier alpha value is -5.84. The van der Waals surface area contributed by atoms with E-state index < -0.39 is 97.0 Å². The van der Waals surface area contributed by atoms with E-state index in [4.69, 9.17) is 46.4 Å². The highest BCUT2D eigenvalue weighted by atomic mass is 16.6. The number of aliphatic hydroxyl groups is 2. The summed E-state index contributed by atoms with van der Waals surface area (Å²) in [7, 11) is 7.36. The number of aliphatic hydroxyl groups excluding tert-OH is 2. The highest BCUT2D eigenvalue weighted by Gasteiger charge is 2.38.